The van der Waals surface area contributed by atoms with Gasteiger partial charge in [-0.25, -0.2) is 19.3 Å². The maximum Gasteiger partial charge on any atom is 0.171 e. The number of furan rings is 1. The molecular formula is C27H16FN3O. The molecule has 152 valence electrons. The molecule has 0 unspecified atom stereocenters. The number of benzene rings is 4. The fourth-order valence-corrected chi connectivity index (χ4v) is 3.60. The van der Waals surface area contributed by atoms with Gasteiger partial charge in [0.2, 0.25) is 0 Å². The molecule has 0 aliphatic heterocycles. The van der Waals surface area contributed by atoms with E-state index in [4.69, 9.17) is 11.3 Å². The van der Waals surface area contributed by atoms with Crippen LogP contribution in [-0.4, -0.2) is 15.0 Å². The molecule has 0 atom stereocenters. The summed E-state index contributed by atoms with van der Waals surface area (Å²) in [6.07, 6.45) is 0. The van der Waals surface area contributed by atoms with Crippen LogP contribution in [0.25, 0.3) is 56.1 Å². The van der Waals surface area contributed by atoms with E-state index in [1.807, 2.05) is 18.2 Å². The van der Waals surface area contributed by atoms with Gasteiger partial charge in [0.25, 0.3) is 0 Å². The Bertz CT molecular complexity index is 1830. The quantitative estimate of drug-likeness (QED) is 0.311. The zero-order valence-electron chi connectivity index (χ0n) is 21.5. The third-order valence-electron chi connectivity index (χ3n) is 5.10. The number of rotatable bonds is 3. The standard InChI is InChI=1S/C27H16FN3O/c28-22-13-7-12-21-20-15-14-19(16-23(20)32-24(21)22)27-30-25(17-8-3-1-4-9-17)29-26(31-27)18-10-5-2-6-11-18/h1-16H/i1D,3D,4D,8D,9D. The highest BCUT2D eigenvalue weighted by molar-refractivity contribution is 6.05. The number of fused-ring (bicyclic) bond motifs is 3. The molecule has 0 saturated heterocycles. The molecule has 0 spiro atoms. The van der Waals surface area contributed by atoms with Gasteiger partial charge < -0.3 is 4.42 Å². The van der Waals surface area contributed by atoms with E-state index >= 15 is 0 Å². The molecule has 4 nitrogen and oxygen atoms in total. The van der Waals surface area contributed by atoms with Crippen molar-refractivity contribution in [1.29, 1.82) is 0 Å². The van der Waals surface area contributed by atoms with Gasteiger partial charge in [-0.1, -0.05) is 78.7 Å². The topological polar surface area (TPSA) is 51.8 Å². The summed E-state index contributed by atoms with van der Waals surface area (Å²) in [5.41, 5.74) is 1.64. The number of nitrogens with zero attached hydrogens (tertiary/aromatic N) is 3. The summed E-state index contributed by atoms with van der Waals surface area (Å²) in [4.78, 5) is 13.6. The van der Waals surface area contributed by atoms with Crippen LogP contribution >= 0.6 is 0 Å². The van der Waals surface area contributed by atoms with Crippen LogP contribution < -0.4 is 0 Å². The normalized spacial score (nSPS) is 13.5. The maximum atomic E-state index is 14.3. The van der Waals surface area contributed by atoms with E-state index in [-0.39, 0.29) is 28.6 Å². The van der Waals surface area contributed by atoms with Gasteiger partial charge in [0.1, 0.15) is 5.58 Å². The Labute approximate surface area is 190 Å². The number of hydrogen-bond donors (Lipinski definition) is 0. The molecule has 0 saturated carbocycles. The largest absolute Gasteiger partial charge is 0.453 e. The van der Waals surface area contributed by atoms with Crippen molar-refractivity contribution in [2.75, 3.05) is 0 Å². The van der Waals surface area contributed by atoms with Crippen LogP contribution in [0.2, 0.25) is 0 Å². The summed E-state index contributed by atoms with van der Waals surface area (Å²) in [7, 11) is 0. The number of para-hydroxylation sites is 1. The second-order valence-corrected chi connectivity index (χ2v) is 7.10. The molecule has 4 aromatic carbocycles. The lowest BCUT2D eigenvalue weighted by atomic mass is 10.1. The van der Waals surface area contributed by atoms with E-state index in [9.17, 15) is 4.39 Å². The van der Waals surface area contributed by atoms with Crippen LogP contribution in [-0.2, 0) is 0 Å². The van der Waals surface area contributed by atoms with Crippen LogP contribution in [0.15, 0.2) is 101 Å². The van der Waals surface area contributed by atoms with Gasteiger partial charge in [0.15, 0.2) is 28.9 Å². The lowest BCUT2D eigenvalue weighted by molar-refractivity contribution is 0.584. The number of halogens is 1. The summed E-state index contributed by atoms with van der Waals surface area (Å²) in [5, 5.41) is 1.36. The van der Waals surface area contributed by atoms with Crippen LogP contribution in [0.3, 0.4) is 0 Å². The van der Waals surface area contributed by atoms with Crippen molar-refractivity contribution in [2.24, 2.45) is 0 Å². The third kappa shape index (κ3) is 3.11. The molecule has 0 amide bonds. The van der Waals surface area contributed by atoms with Crippen LogP contribution in [0, 0.1) is 5.82 Å². The molecule has 0 radical (unpaired) electrons. The molecule has 6 aromatic rings. The predicted octanol–water partition coefficient (Wildman–Crippen LogP) is 6.91. The Balaban J connectivity index is 1.61. The van der Waals surface area contributed by atoms with Gasteiger partial charge in [0, 0.05) is 27.5 Å². The monoisotopic (exact) mass is 422 g/mol. The Morgan fingerprint density at radius 3 is 2.16 bits per heavy atom. The van der Waals surface area contributed by atoms with Crippen molar-refractivity contribution in [3.63, 3.8) is 0 Å². The molecular weight excluding hydrogens is 401 g/mol. The molecule has 0 aliphatic carbocycles. The van der Waals surface area contributed by atoms with Crippen molar-refractivity contribution in [3.8, 4) is 34.2 Å². The zero-order valence-corrected chi connectivity index (χ0v) is 16.5. The molecule has 6 rings (SSSR count). The van der Waals surface area contributed by atoms with Gasteiger partial charge in [-0.3, -0.25) is 0 Å². The third-order valence-corrected chi connectivity index (χ3v) is 5.10. The Hall–Kier alpha value is -4.38. The molecule has 5 heteroatoms. The lowest BCUT2D eigenvalue weighted by Crippen LogP contribution is -2.00. The Morgan fingerprint density at radius 2 is 1.38 bits per heavy atom. The van der Waals surface area contributed by atoms with E-state index in [0.717, 1.165) is 5.39 Å². The molecule has 0 aliphatic rings. The van der Waals surface area contributed by atoms with Crippen LogP contribution in [0.1, 0.15) is 6.85 Å². The van der Waals surface area contributed by atoms with Crippen molar-refractivity contribution < 1.29 is 15.7 Å². The van der Waals surface area contributed by atoms with Crippen LogP contribution in [0.4, 0.5) is 4.39 Å². The molecule has 2 aromatic heterocycles. The Kier molecular flexibility index (Phi) is 3.19. The highest BCUT2D eigenvalue weighted by atomic mass is 19.1. The fraction of sp³-hybridized carbons (Fsp3) is 0. The van der Waals surface area contributed by atoms with E-state index in [1.165, 1.54) is 6.07 Å². The van der Waals surface area contributed by atoms with Gasteiger partial charge in [-0.15, -0.1) is 0 Å². The summed E-state index contributed by atoms with van der Waals surface area (Å²) in [6.45, 7) is 0. The van der Waals surface area contributed by atoms with E-state index in [0.29, 0.717) is 22.1 Å². The molecule has 32 heavy (non-hydrogen) atoms. The minimum Gasteiger partial charge on any atom is -0.453 e. The number of aromatic nitrogens is 3. The first-order valence-electron chi connectivity index (χ1n) is 12.3. The van der Waals surface area contributed by atoms with Gasteiger partial charge in [0.05, 0.1) is 6.85 Å². The van der Waals surface area contributed by atoms with Crippen molar-refractivity contribution in [1.82, 2.24) is 15.0 Å². The summed E-state index contributed by atoms with van der Waals surface area (Å²) < 4.78 is 60.9. The highest BCUT2D eigenvalue weighted by Gasteiger charge is 2.15. The molecule has 2 heterocycles. The van der Waals surface area contributed by atoms with E-state index < -0.39 is 36.0 Å². The SMILES string of the molecule is [2H]c1c([2H])c([2H])c(-c2nc(-c3ccccc3)nc(-c3ccc4c(c3)oc3c(F)cccc34)n2)c([2H])c1[2H]. The average molecular weight is 422 g/mol. The second kappa shape index (κ2) is 7.39. The van der Waals surface area contributed by atoms with Crippen molar-refractivity contribution >= 4 is 21.9 Å². The first-order valence-corrected chi connectivity index (χ1v) is 9.83. The first kappa shape index (κ1) is 13.8. The summed E-state index contributed by atoms with van der Waals surface area (Å²) in [5.74, 6) is -0.0523. The van der Waals surface area contributed by atoms with E-state index in [2.05, 4.69) is 15.0 Å². The lowest BCUT2D eigenvalue weighted by Gasteiger charge is -2.08. The smallest absolute Gasteiger partial charge is 0.171 e. The van der Waals surface area contributed by atoms with Gasteiger partial charge >= 0.3 is 0 Å². The maximum absolute atomic E-state index is 14.3. The second-order valence-electron chi connectivity index (χ2n) is 7.10. The molecule has 0 bridgehead atoms. The van der Waals surface area contributed by atoms with E-state index in [1.54, 1.807) is 42.5 Å². The average Bonchev–Trinajstić information content (AvgIpc) is 3.30. The van der Waals surface area contributed by atoms with Crippen molar-refractivity contribution in [2.45, 2.75) is 0 Å². The summed E-state index contributed by atoms with van der Waals surface area (Å²) in [6, 6.07) is 16.7. The van der Waals surface area contributed by atoms with Gasteiger partial charge in [-0.05, 0) is 18.2 Å². The molecule has 0 fully saturated rings. The Morgan fingerprint density at radius 1 is 0.656 bits per heavy atom. The fourth-order valence-electron chi connectivity index (χ4n) is 3.60. The highest BCUT2D eigenvalue weighted by Crippen LogP contribution is 2.33. The van der Waals surface area contributed by atoms with Crippen molar-refractivity contribution in [3.05, 3.63) is 103 Å². The minimum absolute atomic E-state index is 0.0587. The number of hydrogen-bond acceptors (Lipinski definition) is 4. The first-order chi connectivity index (χ1) is 17.8. The minimum atomic E-state index is -0.501. The molecule has 0 N–H and O–H groups in total. The van der Waals surface area contributed by atoms with Crippen LogP contribution in [0.5, 0.6) is 0 Å². The predicted molar refractivity (Wildman–Crippen MR) is 123 cm³/mol. The zero-order chi connectivity index (χ0) is 25.8. The van der Waals surface area contributed by atoms with Gasteiger partial charge in [-0.2, -0.15) is 0 Å². The summed E-state index contributed by atoms with van der Waals surface area (Å²) >= 11 is 0.